The number of carboxylic acids is 1. The van der Waals surface area contributed by atoms with Crippen LogP contribution in [0.25, 0.3) is 0 Å². The monoisotopic (exact) mass is 426 g/mol. The van der Waals surface area contributed by atoms with E-state index in [-0.39, 0.29) is 19.8 Å². The van der Waals surface area contributed by atoms with Gasteiger partial charge in [0.2, 0.25) is 0 Å². The number of aliphatic carboxylic acids is 1. The zero-order chi connectivity index (χ0) is 20.1. The molecule has 0 aliphatic carbocycles. The van der Waals surface area contributed by atoms with E-state index < -0.39 is 34.3 Å². The van der Waals surface area contributed by atoms with E-state index >= 15 is 0 Å². The highest BCUT2D eigenvalue weighted by atomic mass is 32.2. The van der Waals surface area contributed by atoms with Crippen molar-refractivity contribution in [1.29, 1.82) is 0 Å². The van der Waals surface area contributed by atoms with E-state index in [1.807, 2.05) is 35.1 Å². The van der Waals surface area contributed by atoms with Crippen LogP contribution >= 0.6 is 11.3 Å². The topological polar surface area (TPSA) is 138 Å². The molecule has 0 unspecified atom stereocenters. The van der Waals surface area contributed by atoms with E-state index in [2.05, 4.69) is 10.3 Å². The van der Waals surface area contributed by atoms with E-state index in [0.29, 0.717) is 5.01 Å². The molecule has 0 spiro atoms. The van der Waals surface area contributed by atoms with Crippen molar-refractivity contribution in [2.45, 2.75) is 25.4 Å². The van der Waals surface area contributed by atoms with Gasteiger partial charge in [0.05, 0.1) is 19.8 Å². The number of carbonyl (C=O) groups is 2. The normalized spacial score (nSPS) is 20.0. The summed E-state index contributed by atoms with van der Waals surface area (Å²) in [4.78, 5) is 27.7. The summed E-state index contributed by atoms with van der Waals surface area (Å²) in [6.45, 7) is -0.225. The molecule has 3 rings (SSSR count). The van der Waals surface area contributed by atoms with Gasteiger partial charge in [0.15, 0.2) is 6.17 Å². The summed E-state index contributed by atoms with van der Waals surface area (Å²) in [6.07, 6.45) is 0.132. The second-order valence-electron chi connectivity index (χ2n) is 5.90. The number of rotatable bonds is 9. The van der Waals surface area contributed by atoms with Crippen molar-refractivity contribution in [3.8, 4) is 0 Å². The zero-order valence-corrected chi connectivity index (χ0v) is 16.1. The molecule has 0 bridgehead atoms. The number of thiazole rings is 1. The maximum Gasteiger partial charge on any atom is 0.323 e. The lowest BCUT2D eigenvalue weighted by atomic mass is 10.2. The number of carboxylic acid groups (broad SMARTS) is 1. The SMILES string of the molecule is O=C(O)[C@H](COCc1ccccc1)N[C@H]1C(=O)NS(=O)(=O)N1Cc1nccs1. The van der Waals surface area contributed by atoms with Crippen LogP contribution in [0.4, 0.5) is 0 Å². The lowest BCUT2D eigenvalue weighted by molar-refractivity contribution is -0.142. The van der Waals surface area contributed by atoms with Crippen LogP contribution < -0.4 is 10.0 Å². The molecule has 2 heterocycles. The van der Waals surface area contributed by atoms with Crippen molar-refractivity contribution in [1.82, 2.24) is 19.3 Å². The molecule has 12 heteroatoms. The van der Waals surface area contributed by atoms with Gasteiger partial charge in [-0.3, -0.25) is 14.9 Å². The fourth-order valence-electron chi connectivity index (χ4n) is 2.56. The van der Waals surface area contributed by atoms with Crippen LogP contribution in [0.5, 0.6) is 0 Å². The van der Waals surface area contributed by atoms with Gasteiger partial charge in [-0.25, -0.2) is 9.71 Å². The van der Waals surface area contributed by atoms with Crippen LogP contribution in [0, 0.1) is 0 Å². The average molecular weight is 426 g/mol. The molecule has 1 fully saturated rings. The fraction of sp³-hybridized carbons (Fsp3) is 0.312. The summed E-state index contributed by atoms with van der Waals surface area (Å²) in [7, 11) is -4.09. The highest BCUT2D eigenvalue weighted by Gasteiger charge is 2.45. The van der Waals surface area contributed by atoms with Gasteiger partial charge in [-0.1, -0.05) is 30.3 Å². The molecule has 1 saturated heterocycles. The molecule has 10 nitrogen and oxygen atoms in total. The number of amides is 1. The van der Waals surface area contributed by atoms with Crippen molar-refractivity contribution < 1.29 is 27.9 Å². The van der Waals surface area contributed by atoms with Crippen LogP contribution in [0.15, 0.2) is 41.9 Å². The third-order valence-corrected chi connectivity index (χ3v) is 6.08. The Hall–Kier alpha value is -2.38. The summed E-state index contributed by atoms with van der Waals surface area (Å²) in [5.74, 6) is -2.12. The molecule has 2 aromatic rings. The standard InChI is InChI=1S/C16H18N4O6S2/c21-15-14(20(28(24,25)19-15)8-13-17-6-7-27-13)18-12(16(22)23)10-26-9-11-4-2-1-3-5-11/h1-7,12,14,18H,8-10H2,(H,19,21)(H,22,23)/t12-,14+/m0/s1. The predicted octanol–water partition coefficient (Wildman–Crippen LogP) is -0.0946. The molecule has 1 amide bonds. The Balaban J connectivity index is 1.67. The highest BCUT2D eigenvalue weighted by molar-refractivity contribution is 7.88. The van der Waals surface area contributed by atoms with Gasteiger partial charge in [0.25, 0.3) is 5.91 Å². The first-order valence-electron chi connectivity index (χ1n) is 8.19. The molecule has 0 saturated carbocycles. The zero-order valence-electron chi connectivity index (χ0n) is 14.5. The lowest BCUT2D eigenvalue weighted by Crippen LogP contribution is -2.54. The Kier molecular flexibility index (Phi) is 6.36. The lowest BCUT2D eigenvalue weighted by Gasteiger charge is -2.23. The Morgan fingerprint density at radius 2 is 2.14 bits per heavy atom. The summed E-state index contributed by atoms with van der Waals surface area (Å²) in [5, 5.41) is 14.1. The molecule has 150 valence electrons. The minimum absolute atomic E-state index is 0.159. The number of aromatic nitrogens is 1. The van der Waals surface area contributed by atoms with E-state index in [0.717, 1.165) is 9.87 Å². The van der Waals surface area contributed by atoms with Gasteiger partial charge >= 0.3 is 16.2 Å². The van der Waals surface area contributed by atoms with Crippen molar-refractivity contribution in [2.24, 2.45) is 0 Å². The molecule has 28 heavy (non-hydrogen) atoms. The Labute approximate surface area is 165 Å². The smallest absolute Gasteiger partial charge is 0.323 e. The molecule has 2 atom stereocenters. The van der Waals surface area contributed by atoms with Crippen LogP contribution in [-0.2, 0) is 37.7 Å². The molecular formula is C16H18N4O6S2. The molecule has 3 N–H and O–H groups in total. The van der Waals surface area contributed by atoms with E-state index in [4.69, 9.17) is 4.74 Å². The maximum atomic E-state index is 12.2. The maximum absolute atomic E-state index is 12.2. The van der Waals surface area contributed by atoms with Crippen molar-refractivity contribution in [3.05, 3.63) is 52.5 Å². The summed E-state index contributed by atoms with van der Waals surface area (Å²) in [6, 6.07) is 7.88. The van der Waals surface area contributed by atoms with Gasteiger partial charge in [0.1, 0.15) is 11.0 Å². The summed E-state index contributed by atoms with van der Waals surface area (Å²) >= 11 is 1.23. The minimum Gasteiger partial charge on any atom is -0.480 e. The van der Waals surface area contributed by atoms with Gasteiger partial charge in [0, 0.05) is 11.6 Å². The molecular weight excluding hydrogens is 408 g/mol. The Morgan fingerprint density at radius 1 is 1.39 bits per heavy atom. The number of benzene rings is 1. The summed E-state index contributed by atoms with van der Waals surface area (Å²) in [5.41, 5.74) is 0.859. The summed E-state index contributed by atoms with van der Waals surface area (Å²) < 4.78 is 32.6. The van der Waals surface area contributed by atoms with E-state index in [1.165, 1.54) is 17.5 Å². The molecule has 1 aromatic carbocycles. The third-order valence-electron chi connectivity index (χ3n) is 3.90. The first kappa shape index (κ1) is 20.4. The van der Waals surface area contributed by atoms with Crippen LogP contribution in [0.1, 0.15) is 10.6 Å². The Bertz CT molecular complexity index is 920. The first-order chi connectivity index (χ1) is 13.4. The number of nitrogens with zero attached hydrogens (tertiary/aromatic N) is 2. The number of ether oxygens (including phenoxy) is 1. The van der Waals surface area contributed by atoms with Crippen molar-refractivity contribution in [2.75, 3.05) is 6.61 Å². The number of hydrogen-bond acceptors (Lipinski definition) is 8. The molecule has 1 aliphatic rings. The first-order valence-corrected chi connectivity index (χ1v) is 10.5. The predicted molar refractivity (Wildman–Crippen MR) is 99.2 cm³/mol. The van der Waals surface area contributed by atoms with Crippen LogP contribution in [-0.4, -0.2) is 53.5 Å². The molecule has 0 radical (unpaired) electrons. The number of hydrogen-bond donors (Lipinski definition) is 3. The largest absolute Gasteiger partial charge is 0.480 e. The van der Waals surface area contributed by atoms with Gasteiger partial charge in [-0.05, 0) is 5.56 Å². The quantitative estimate of drug-likeness (QED) is 0.506. The highest BCUT2D eigenvalue weighted by Crippen LogP contribution is 2.18. The molecule has 1 aromatic heterocycles. The van der Waals surface area contributed by atoms with E-state index in [9.17, 15) is 23.1 Å². The molecule has 1 aliphatic heterocycles. The van der Waals surface area contributed by atoms with Crippen LogP contribution in [0.3, 0.4) is 0 Å². The Morgan fingerprint density at radius 3 is 2.79 bits per heavy atom. The van der Waals surface area contributed by atoms with Crippen molar-refractivity contribution in [3.63, 3.8) is 0 Å². The number of nitrogens with one attached hydrogen (secondary N) is 2. The van der Waals surface area contributed by atoms with E-state index in [1.54, 1.807) is 5.38 Å². The number of carbonyl (C=O) groups excluding carboxylic acids is 1. The second kappa shape index (κ2) is 8.75. The van der Waals surface area contributed by atoms with Gasteiger partial charge < -0.3 is 9.84 Å². The van der Waals surface area contributed by atoms with Crippen LogP contribution in [0.2, 0.25) is 0 Å². The average Bonchev–Trinajstić information content (AvgIpc) is 3.23. The third kappa shape index (κ3) is 4.91. The van der Waals surface area contributed by atoms with Gasteiger partial charge in [-0.15, -0.1) is 11.3 Å². The fourth-order valence-corrected chi connectivity index (χ4v) is 4.47. The second-order valence-corrected chi connectivity index (χ2v) is 8.51. The van der Waals surface area contributed by atoms with Gasteiger partial charge in [-0.2, -0.15) is 12.7 Å². The minimum atomic E-state index is -4.09. The van der Waals surface area contributed by atoms with Crippen molar-refractivity contribution >= 4 is 33.4 Å².